The lowest BCUT2D eigenvalue weighted by atomic mass is 9.82. The molecule has 0 aromatic rings. The average molecular weight is 146 g/mol. The molecule has 2 bridgehead atoms. The summed E-state index contributed by atoms with van der Waals surface area (Å²) in [6.45, 7) is 0. The molecule has 6 atom stereocenters. The van der Waals surface area contributed by atoms with Crippen molar-refractivity contribution in [1.82, 2.24) is 0 Å². The molecule has 0 unspecified atom stereocenters. The zero-order chi connectivity index (χ0) is 7.00. The van der Waals surface area contributed by atoms with Crippen molar-refractivity contribution in [2.75, 3.05) is 0 Å². The summed E-state index contributed by atoms with van der Waals surface area (Å²) in [4.78, 5) is 0. The van der Waals surface area contributed by atoms with E-state index in [-0.39, 0.29) is 0 Å². The van der Waals surface area contributed by atoms with Crippen molar-refractivity contribution < 1.29 is 0 Å². The Labute approximate surface area is 67.7 Å². The van der Waals surface area contributed by atoms with E-state index in [2.05, 4.69) is 12.2 Å². The fourth-order valence-corrected chi connectivity index (χ4v) is 4.43. The molecule has 3 fully saturated rings. The van der Waals surface area contributed by atoms with Gasteiger partial charge in [-0.1, -0.05) is 12.2 Å². The number of fused-ring (bicyclic) bond motifs is 8. The third kappa shape index (κ3) is 0.457. The van der Waals surface area contributed by atoms with Gasteiger partial charge in [0.05, 0.1) is 0 Å². The minimum Gasteiger partial charge on any atom is -0.0879 e. The average Bonchev–Trinajstić information content (AvgIpc) is 2.46. The molecule has 0 heterocycles. The summed E-state index contributed by atoms with van der Waals surface area (Å²) in [5, 5.41) is 0. The Morgan fingerprint density at radius 1 is 0.818 bits per heavy atom. The number of hydrogen-bond donors (Lipinski definition) is 0. The summed E-state index contributed by atoms with van der Waals surface area (Å²) in [7, 11) is 0. The molecule has 0 saturated heterocycles. The Morgan fingerprint density at radius 2 is 1.55 bits per heavy atom. The SMILES string of the molecule is C1=C[C@H]2[C@@H]3C[C@@H]([C@H]4C[C@H]43)[C@H]2C1. The maximum Gasteiger partial charge on any atom is -0.0168 e. The van der Waals surface area contributed by atoms with Crippen molar-refractivity contribution in [3.8, 4) is 0 Å². The Kier molecular flexibility index (Phi) is 0.706. The van der Waals surface area contributed by atoms with Gasteiger partial charge in [0.2, 0.25) is 0 Å². The van der Waals surface area contributed by atoms with Gasteiger partial charge in [0.15, 0.2) is 0 Å². The Balaban J connectivity index is 1.82. The van der Waals surface area contributed by atoms with Gasteiger partial charge in [-0.3, -0.25) is 0 Å². The van der Waals surface area contributed by atoms with Crippen LogP contribution in [-0.2, 0) is 0 Å². The van der Waals surface area contributed by atoms with Crippen molar-refractivity contribution in [3.05, 3.63) is 12.2 Å². The molecular formula is C11H14. The largest absolute Gasteiger partial charge is 0.0879 e. The molecular weight excluding hydrogens is 132 g/mol. The molecule has 11 heavy (non-hydrogen) atoms. The molecule has 4 aliphatic rings. The highest BCUT2D eigenvalue weighted by Crippen LogP contribution is 2.71. The van der Waals surface area contributed by atoms with Gasteiger partial charge in [0.1, 0.15) is 0 Å². The molecule has 0 radical (unpaired) electrons. The monoisotopic (exact) mass is 146 g/mol. The molecule has 0 aliphatic heterocycles. The van der Waals surface area contributed by atoms with Gasteiger partial charge in [-0.15, -0.1) is 0 Å². The molecule has 0 spiro atoms. The van der Waals surface area contributed by atoms with Crippen LogP contribution in [-0.4, -0.2) is 0 Å². The van der Waals surface area contributed by atoms with Crippen LogP contribution in [0.3, 0.4) is 0 Å². The fraction of sp³-hybridized carbons (Fsp3) is 0.818. The smallest absolute Gasteiger partial charge is 0.0168 e. The van der Waals surface area contributed by atoms with Crippen LogP contribution >= 0.6 is 0 Å². The third-order valence-electron chi connectivity index (χ3n) is 4.84. The van der Waals surface area contributed by atoms with Crippen LogP contribution in [0.1, 0.15) is 19.3 Å². The van der Waals surface area contributed by atoms with E-state index in [0.717, 1.165) is 17.8 Å². The van der Waals surface area contributed by atoms with E-state index in [1.807, 2.05) is 0 Å². The highest BCUT2D eigenvalue weighted by atomic mass is 14.7. The Hall–Kier alpha value is -0.260. The van der Waals surface area contributed by atoms with Crippen molar-refractivity contribution in [3.63, 3.8) is 0 Å². The first kappa shape index (κ1) is 5.40. The second-order valence-electron chi connectivity index (χ2n) is 5.03. The third-order valence-corrected chi connectivity index (χ3v) is 4.84. The van der Waals surface area contributed by atoms with Crippen LogP contribution in [0.15, 0.2) is 12.2 Å². The Bertz CT molecular complexity index is 240. The summed E-state index contributed by atoms with van der Waals surface area (Å²) in [5.74, 6) is 6.89. The van der Waals surface area contributed by atoms with Crippen molar-refractivity contribution in [1.29, 1.82) is 0 Å². The van der Waals surface area contributed by atoms with Gasteiger partial charge in [-0.05, 0) is 54.8 Å². The quantitative estimate of drug-likeness (QED) is 0.460. The second kappa shape index (κ2) is 1.44. The van der Waals surface area contributed by atoms with Crippen LogP contribution in [0.2, 0.25) is 0 Å². The van der Waals surface area contributed by atoms with E-state index in [0.29, 0.717) is 0 Å². The summed E-state index contributed by atoms with van der Waals surface area (Å²) in [6.07, 6.45) is 9.61. The summed E-state index contributed by atoms with van der Waals surface area (Å²) >= 11 is 0. The van der Waals surface area contributed by atoms with Crippen molar-refractivity contribution >= 4 is 0 Å². The summed E-state index contributed by atoms with van der Waals surface area (Å²) in [6, 6.07) is 0. The number of allylic oxidation sites excluding steroid dienone is 2. The second-order valence-corrected chi connectivity index (χ2v) is 5.03. The highest BCUT2D eigenvalue weighted by Gasteiger charge is 2.64. The van der Waals surface area contributed by atoms with Gasteiger partial charge < -0.3 is 0 Å². The molecule has 4 rings (SSSR count). The first-order chi connectivity index (χ1) is 5.45. The normalized spacial score (nSPS) is 68.4. The predicted molar refractivity (Wildman–Crippen MR) is 43.9 cm³/mol. The van der Waals surface area contributed by atoms with E-state index >= 15 is 0 Å². The lowest BCUT2D eigenvalue weighted by Gasteiger charge is -2.23. The lowest BCUT2D eigenvalue weighted by molar-refractivity contribution is 0.272. The lowest BCUT2D eigenvalue weighted by Crippen LogP contribution is -2.18. The molecule has 0 N–H and O–H groups in total. The molecule has 0 nitrogen and oxygen atoms in total. The first-order valence-electron chi connectivity index (χ1n) is 5.12. The van der Waals surface area contributed by atoms with E-state index in [1.54, 1.807) is 12.8 Å². The molecule has 0 amide bonds. The van der Waals surface area contributed by atoms with Gasteiger partial charge in [-0.2, -0.15) is 0 Å². The van der Waals surface area contributed by atoms with Crippen LogP contribution < -0.4 is 0 Å². The summed E-state index contributed by atoms with van der Waals surface area (Å²) < 4.78 is 0. The van der Waals surface area contributed by atoms with Crippen molar-refractivity contribution in [2.24, 2.45) is 35.5 Å². The Morgan fingerprint density at radius 3 is 2.55 bits per heavy atom. The van der Waals surface area contributed by atoms with Crippen LogP contribution in [0.4, 0.5) is 0 Å². The van der Waals surface area contributed by atoms with Gasteiger partial charge in [0.25, 0.3) is 0 Å². The minimum absolute atomic E-state index is 1.05. The van der Waals surface area contributed by atoms with E-state index in [4.69, 9.17) is 0 Å². The maximum atomic E-state index is 2.53. The molecule has 58 valence electrons. The van der Waals surface area contributed by atoms with E-state index in [9.17, 15) is 0 Å². The van der Waals surface area contributed by atoms with E-state index < -0.39 is 0 Å². The van der Waals surface area contributed by atoms with Crippen molar-refractivity contribution in [2.45, 2.75) is 19.3 Å². The van der Waals surface area contributed by atoms with Gasteiger partial charge in [-0.25, -0.2) is 0 Å². The van der Waals surface area contributed by atoms with Crippen LogP contribution in [0.25, 0.3) is 0 Å². The zero-order valence-corrected chi connectivity index (χ0v) is 6.74. The molecule has 0 aromatic heterocycles. The maximum absolute atomic E-state index is 2.53. The van der Waals surface area contributed by atoms with Crippen LogP contribution in [0.5, 0.6) is 0 Å². The van der Waals surface area contributed by atoms with Crippen LogP contribution in [0, 0.1) is 35.5 Å². The minimum atomic E-state index is 1.05. The van der Waals surface area contributed by atoms with Gasteiger partial charge >= 0.3 is 0 Å². The fourth-order valence-electron chi connectivity index (χ4n) is 4.43. The standard InChI is InChI=1S/C11H14/c1-2-6-7(3-1)9-4-8(6)10-5-11(9)10/h1-2,6-11H,3-5H2/t6-,7+,8+,9-,10+,11-/m1/s1. The molecule has 0 aromatic carbocycles. The highest BCUT2D eigenvalue weighted by molar-refractivity contribution is 5.20. The topological polar surface area (TPSA) is 0 Å². The zero-order valence-electron chi connectivity index (χ0n) is 6.74. The predicted octanol–water partition coefficient (Wildman–Crippen LogP) is 2.46. The van der Waals surface area contributed by atoms with E-state index in [1.165, 1.54) is 24.2 Å². The molecule has 0 heteroatoms. The van der Waals surface area contributed by atoms with Gasteiger partial charge in [0, 0.05) is 0 Å². The molecule has 3 saturated carbocycles. The molecule has 4 aliphatic carbocycles. The number of hydrogen-bond acceptors (Lipinski definition) is 0. The summed E-state index contributed by atoms with van der Waals surface area (Å²) in [5.41, 5.74) is 0. The number of rotatable bonds is 0. The first-order valence-corrected chi connectivity index (χ1v) is 5.12.